The molecule has 0 aromatic heterocycles. The Balaban J connectivity index is 5.13. The summed E-state index contributed by atoms with van der Waals surface area (Å²) in [7, 11) is -3.31. The fourth-order valence-electron chi connectivity index (χ4n) is 1.43. The fourth-order valence-corrected chi connectivity index (χ4v) is 3.29. The molecule has 0 amide bonds. The van der Waals surface area contributed by atoms with Gasteiger partial charge in [0.25, 0.3) is 0 Å². The van der Waals surface area contributed by atoms with E-state index in [4.69, 9.17) is 0 Å². The molecule has 0 heterocycles. The third-order valence-corrected chi connectivity index (χ3v) is 5.62. The molecule has 4 heteroatoms. The molecule has 0 aliphatic heterocycles. The highest BCUT2D eigenvalue weighted by atomic mass is 32.2. The van der Waals surface area contributed by atoms with E-state index < -0.39 is 31.4 Å². The lowest BCUT2D eigenvalue weighted by molar-refractivity contribution is 0.0621. The Kier molecular flexibility index (Phi) is 4.03. The van der Waals surface area contributed by atoms with E-state index in [0.717, 1.165) is 0 Å². The normalized spacial score (nSPS) is 18.7. The van der Waals surface area contributed by atoms with Gasteiger partial charge in [-0.15, -0.1) is 0 Å². The summed E-state index contributed by atoms with van der Waals surface area (Å²) >= 11 is 0. The molecule has 0 aliphatic carbocycles. The second kappa shape index (κ2) is 4.06. The van der Waals surface area contributed by atoms with Crippen LogP contribution < -0.4 is 0 Å². The van der Waals surface area contributed by atoms with Gasteiger partial charge in [-0.25, -0.2) is 8.42 Å². The average Bonchev–Trinajstić information content (AvgIpc) is 1.97. The molecule has 0 aromatic rings. The highest BCUT2D eigenvalue weighted by Gasteiger charge is 2.41. The van der Waals surface area contributed by atoms with Crippen molar-refractivity contribution in [2.75, 3.05) is 0 Å². The third-order valence-electron chi connectivity index (χ3n) is 2.67. The first-order valence-electron chi connectivity index (χ1n) is 5.23. The standard InChI is InChI=1S/C11H24O3S/c1-8(9(12)10(2,3)4)15(13,14)11(5,6)7/h8-9,12H,1-7H3. The zero-order valence-electron chi connectivity index (χ0n) is 10.8. The maximum Gasteiger partial charge on any atom is 0.160 e. The SMILES string of the molecule is CC(C(O)C(C)(C)C)S(=O)(=O)C(C)(C)C. The van der Waals surface area contributed by atoms with E-state index in [1.54, 1.807) is 27.7 Å². The van der Waals surface area contributed by atoms with Crippen molar-refractivity contribution >= 4 is 9.84 Å². The monoisotopic (exact) mass is 236 g/mol. The predicted molar refractivity (Wildman–Crippen MR) is 63.6 cm³/mol. The molecule has 2 atom stereocenters. The molecule has 0 saturated carbocycles. The first-order chi connectivity index (χ1) is 6.32. The molecule has 15 heavy (non-hydrogen) atoms. The molecule has 0 saturated heterocycles. The van der Waals surface area contributed by atoms with E-state index in [1.807, 2.05) is 20.8 Å². The first-order valence-corrected chi connectivity index (χ1v) is 6.78. The van der Waals surface area contributed by atoms with Gasteiger partial charge in [-0.3, -0.25) is 0 Å². The van der Waals surface area contributed by atoms with Gasteiger partial charge in [0, 0.05) is 0 Å². The number of aliphatic hydroxyl groups is 1. The number of hydrogen-bond donors (Lipinski definition) is 1. The van der Waals surface area contributed by atoms with Gasteiger partial charge in [0.15, 0.2) is 9.84 Å². The van der Waals surface area contributed by atoms with Crippen molar-refractivity contribution in [2.45, 2.75) is 64.6 Å². The molecule has 0 bridgehead atoms. The minimum atomic E-state index is -3.31. The van der Waals surface area contributed by atoms with Gasteiger partial charge in [-0.05, 0) is 33.1 Å². The molecule has 0 aliphatic rings. The lowest BCUT2D eigenvalue weighted by Crippen LogP contribution is -2.46. The summed E-state index contributed by atoms with van der Waals surface area (Å²) in [5, 5.41) is 9.24. The molecule has 0 rings (SSSR count). The maximum atomic E-state index is 12.1. The summed E-state index contributed by atoms with van der Waals surface area (Å²) < 4.78 is 23.3. The van der Waals surface area contributed by atoms with Crippen LogP contribution in [0.5, 0.6) is 0 Å². The largest absolute Gasteiger partial charge is 0.391 e. The first kappa shape index (κ1) is 14.9. The van der Waals surface area contributed by atoms with Gasteiger partial charge in [0.1, 0.15) is 0 Å². The van der Waals surface area contributed by atoms with Crippen molar-refractivity contribution in [3.63, 3.8) is 0 Å². The molecule has 0 spiro atoms. The Morgan fingerprint density at radius 3 is 1.53 bits per heavy atom. The smallest absolute Gasteiger partial charge is 0.160 e. The number of sulfone groups is 1. The molecule has 2 unspecified atom stereocenters. The van der Waals surface area contributed by atoms with Gasteiger partial charge >= 0.3 is 0 Å². The minimum Gasteiger partial charge on any atom is -0.391 e. The van der Waals surface area contributed by atoms with E-state index in [0.29, 0.717) is 0 Å². The van der Waals surface area contributed by atoms with Crippen molar-refractivity contribution in [1.29, 1.82) is 0 Å². The Labute approximate surface area is 93.8 Å². The highest BCUT2D eigenvalue weighted by Crippen LogP contribution is 2.30. The van der Waals surface area contributed by atoms with Crippen LogP contribution in [0.1, 0.15) is 48.5 Å². The van der Waals surface area contributed by atoms with Gasteiger partial charge in [-0.1, -0.05) is 20.8 Å². The van der Waals surface area contributed by atoms with E-state index in [9.17, 15) is 13.5 Å². The van der Waals surface area contributed by atoms with Gasteiger partial charge in [-0.2, -0.15) is 0 Å². The van der Waals surface area contributed by atoms with Crippen LogP contribution in [0.15, 0.2) is 0 Å². The van der Waals surface area contributed by atoms with Crippen LogP contribution in [-0.4, -0.2) is 29.6 Å². The van der Waals surface area contributed by atoms with Crippen LogP contribution in [0.25, 0.3) is 0 Å². The Hall–Kier alpha value is -0.0900. The Morgan fingerprint density at radius 2 is 1.33 bits per heavy atom. The zero-order chi connectivity index (χ0) is 12.7. The molecular weight excluding hydrogens is 212 g/mol. The highest BCUT2D eigenvalue weighted by molar-refractivity contribution is 7.93. The van der Waals surface area contributed by atoms with E-state index in [1.165, 1.54) is 0 Å². The fraction of sp³-hybridized carbons (Fsp3) is 1.00. The van der Waals surface area contributed by atoms with Gasteiger partial charge in [0.05, 0.1) is 16.1 Å². The van der Waals surface area contributed by atoms with Gasteiger partial charge in [0.2, 0.25) is 0 Å². The van der Waals surface area contributed by atoms with E-state index in [-0.39, 0.29) is 0 Å². The van der Waals surface area contributed by atoms with Crippen molar-refractivity contribution in [3.05, 3.63) is 0 Å². The van der Waals surface area contributed by atoms with Crippen LogP contribution in [0, 0.1) is 5.41 Å². The quantitative estimate of drug-likeness (QED) is 0.798. The lowest BCUT2D eigenvalue weighted by Gasteiger charge is -2.34. The van der Waals surface area contributed by atoms with Crippen molar-refractivity contribution in [3.8, 4) is 0 Å². The van der Waals surface area contributed by atoms with E-state index in [2.05, 4.69) is 0 Å². The van der Waals surface area contributed by atoms with Crippen LogP contribution in [0.2, 0.25) is 0 Å². The van der Waals surface area contributed by atoms with Crippen molar-refractivity contribution < 1.29 is 13.5 Å². The van der Waals surface area contributed by atoms with Crippen LogP contribution in [-0.2, 0) is 9.84 Å². The summed E-state index contributed by atoms with van der Waals surface area (Å²) in [6.45, 7) is 12.1. The lowest BCUT2D eigenvalue weighted by atomic mass is 9.87. The van der Waals surface area contributed by atoms with Crippen molar-refractivity contribution in [2.24, 2.45) is 5.41 Å². The van der Waals surface area contributed by atoms with Crippen LogP contribution in [0.3, 0.4) is 0 Å². The third kappa shape index (κ3) is 3.18. The second-order valence-electron chi connectivity index (χ2n) is 6.17. The predicted octanol–water partition coefficient (Wildman–Crippen LogP) is 2.00. The van der Waals surface area contributed by atoms with Crippen molar-refractivity contribution in [1.82, 2.24) is 0 Å². The molecule has 0 aromatic carbocycles. The van der Waals surface area contributed by atoms with Crippen LogP contribution >= 0.6 is 0 Å². The summed E-state index contributed by atoms with van der Waals surface area (Å²) in [6.07, 6.45) is -0.846. The number of aliphatic hydroxyl groups excluding tert-OH is 1. The summed E-state index contributed by atoms with van der Waals surface area (Å²) in [6, 6.07) is 0. The Bertz CT molecular complexity index is 304. The Morgan fingerprint density at radius 1 is 1.00 bits per heavy atom. The molecule has 92 valence electrons. The average molecular weight is 236 g/mol. The summed E-state index contributed by atoms with van der Waals surface area (Å²) in [5.74, 6) is 0. The van der Waals surface area contributed by atoms with E-state index >= 15 is 0 Å². The zero-order valence-corrected chi connectivity index (χ0v) is 11.6. The van der Waals surface area contributed by atoms with Crippen LogP contribution in [0.4, 0.5) is 0 Å². The molecule has 0 fully saturated rings. The summed E-state index contributed by atoms with van der Waals surface area (Å²) in [4.78, 5) is 0. The number of rotatable bonds is 2. The summed E-state index contributed by atoms with van der Waals surface area (Å²) in [5.41, 5.74) is -0.419. The molecule has 3 nitrogen and oxygen atoms in total. The second-order valence-corrected chi connectivity index (χ2v) is 9.23. The minimum absolute atomic E-state index is 0.419. The van der Waals surface area contributed by atoms with Gasteiger partial charge < -0.3 is 5.11 Å². The molecular formula is C11H24O3S. The topological polar surface area (TPSA) is 54.4 Å². The molecule has 1 N–H and O–H groups in total. The molecule has 0 radical (unpaired) electrons. The number of hydrogen-bond acceptors (Lipinski definition) is 3. The maximum absolute atomic E-state index is 12.1.